The lowest BCUT2D eigenvalue weighted by Crippen LogP contribution is -2.07. The van der Waals surface area contributed by atoms with Gasteiger partial charge in [0.2, 0.25) is 0 Å². The Bertz CT molecular complexity index is 580. The van der Waals surface area contributed by atoms with Gasteiger partial charge in [-0.05, 0) is 30.0 Å². The first-order valence-corrected chi connectivity index (χ1v) is 8.48. The van der Waals surface area contributed by atoms with Crippen LogP contribution >= 0.6 is 45.5 Å². The van der Waals surface area contributed by atoms with Crippen LogP contribution in [0.15, 0.2) is 35.7 Å². The maximum absolute atomic E-state index is 9.11. The van der Waals surface area contributed by atoms with Gasteiger partial charge in [-0.3, -0.25) is 0 Å². The Labute approximate surface area is 135 Å². The first-order valence-electron chi connectivity index (χ1n) is 5.70. The van der Waals surface area contributed by atoms with E-state index in [2.05, 4.69) is 34.7 Å². The van der Waals surface area contributed by atoms with Gasteiger partial charge in [0.15, 0.2) is 0 Å². The lowest BCUT2D eigenvalue weighted by molar-refractivity contribution is 0.207. The molecule has 0 spiro atoms. The second-order valence-electron chi connectivity index (χ2n) is 3.85. The Hall–Kier alpha value is -0.770. The molecular weight excluding hydrogens is 393 g/mol. The maximum Gasteiger partial charge on any atom is 0.139 e. The number of rotatable bonds is 5. The summed E-state index contributed by atoms with van der Waals surface area (Å²) in [5.41, 5.74) is 0.513. The molecule has 1 atom stereocenters. The van der Waals surface area contributed by atoms with Crippen molar-refractivity contribution in [3.05, 3.63) is 51.2 Å². The molecule has 0 bridgehead atoms. The molecule has 1 aromatic heterocycles. The van der Waals surface area contributed by atoms with Crippen LogP contribution in [0.2, 0.25) is 5.02 Å². The van der Waals surface area contributed by atoms with E-state index in [4.69, 9.17) is 21.6 Å². The van der Waals surface area contributed by atoms with Gasteiger partial charge in [0, 0.05) is 20.4 Å². The van der Waals surface area contributed by atoms with E-state index >= 15 is 0 Å². The van der Waals surface area contributed by atoms with Crippen molar-refractivity contribution in [2.45, 2.75) is 12.5 Å². The summed E-state index contributed by atoms with van der Waals surface area (Å²) in [6.45, 7) is 0. The minimum absolute atomic E-state index is 0.0255. The Balaban J connectivity index is 2.27. The Morgan fingerprint density at radius 3 is 2.89 bits per heavy atom. The van der Waals surface area contributed by atoms with Crippen LogP contribution < -0.4 is 4.74 Å². The third kappa shape index (κ3) is 3.85. The van der Waals surface area contributed by atoms with Crippen molar-refractivity contribution in [3.63, 3.8) is 0 Å². The Morgan fingerprint density at radius 2 is 2.26 bits per heavy atom. The highest BCUT2D eigenvalue weighted by atomic mass is 127. The quantitative estimate of drug-likeness (QED) is 0.506. The fourth-order valence-electron chi connectivity index (χ4n) is 1.67. The van der Waals surface area contributed by atoms with Crippen molar-refractivity contribution in [3.8, 4) is 11.8 Å². The third-order valence-electron chi connectivity index (χ3n) is 2.57. The molecule has 0 unspecified atom stereocenters. The predicted molar refractivity (Wildman–Crippen MR) is 87.4 cm³/mol. The first-order chi connectivity index (χ1) is 9.24. The van der Waals surface area contributed by atoms with Crippen LogP contribution in [0.3, 0.4) is 0 Å². The number of nitrogens with zero attached hydrogens (tertiary/aromatic N) is 1. The van der Waals surface area contributed by atoms with Crippen LogP contribution in [0, 0.1) is 11.3 Å². The molecular formula is C14H11ClINOS. The SMILES string of the molecule is N#Cc1ccc(Cl)cc1O[C@H](CCI)c1cccs1. The third-order valence-corrected chi connectivity index (χ3v) is 4.39. The highest BCUT2D eigenvalue weighted by Crippen LogP contribution is 2.32. The second-order valence-corrected chi connectivity index (χ2v) is 6.35. The van der Waals surface area contributed by atoms with Crippen LogP contribution in [0.5, 0.6) is 5.75 Å². The summed E-state index contributed by atoms with van der Waals surface area (Å²) in [6.07, 6.45) is 0.876. The van der Waals surface area contributed by atoms with Crippen molar-refractivity contribution in [1.29, 1.82) is 5.26 Å². The van der Waals surface area contributed by atoms with Gasteiger partial charge < -0.3 is 4.74 Å². The van der Waals surface area contributed by atoms with Crippen LogP contribution in [0.25, 0.3) is 0 Å². The van der Waals surface area contributed by atoms with E-state index < -0.39 is 0 Å². The van der Waals surface area contributed by atoms with Gasteiger partial charge >= 0.3 is 0 Å². The lowest BCUT2D eigenvalue weighted by Gasteiger charge is -2.18. The molecule has 0 amide bonds. The summed E-state index contributed by atoms with van der Waals surface area (Å²) in [7, 11) is 0. The van der Waals surface area contributed by atoms with E-state index in [1.807, 2.05) is 11.4 Å². The van der Waals surface area contributed by atoms with Crippen molar-refractivity contribution in [2.75, 3.05) is 4.43 Å². The van der Waals surface area contributed by atoms with E-state index in [9.17, 15) is 0 Å². The summed E-state index contributed by atoms with van der Waals surface area (Å²) in [5, 5.41) is 11.7. The van der Waals surface area contributed by atoms with Crippen molar-refractivity contribution in [2.24, 2.45) is 0 Å². The molecule has 0 aliphatic carbocycles. The monoisotopic (exact) mass is 403 g/mol. The van der Waals surface area contributed by atoms with Gasteiger partial charge in [-0.2, -0.15) is 5.26 Å². The molecule has 0 aliphatic heterocycles. The topological polar surface area (TPSA) is 33.0 Å². The Morgan fingerprint density at radius 1 is 1.42 bits per heavy atom. The molecule has 0 aliphatic rings. The van der Waals surface area contributed by atoms with E-state index in [1.54, 1.807) is 29.5 Å². The van der Waals surface area contributed by atoms with Crippen molar-refractivity contribution in [1.82, 2.24) is 0 Å². The van der Waals surface area contributed by atoms with Crippen molar-refractivity contribution < 1.29 is 4.74 Å². The number of alkyl halides is 1. The lowest BCUT2D eigenvalue weighted by atomic mass is 10.2. The number of thiophene rings is 1. The summed E-state index contributed by atoms with van der Waals surface area (Å²) < 4.78 is 6.99. The largest absolute Gasteiger partial charge is 0.483 e. The number of hydrogen-bond donors (Lipinski definition) is 0. The van der Waals surface area contributed by atoms with Gasteiger partial charge in [-0.25, -0.2) is 0 Å². The summed E-state index contributed by atoms with van der Waals surface area (Å²) >= 11 is 9.96. The first kappa shape index (κ1) is 14.6. The Kier molecular flexibility index (Phi) is 5.49. The highest BCUT2D eigenvalue weighted by Gasteiger charge is 2.16. The zero-order valence-corrected chi connectivity index (χ0v) is 13.7. The molecule has 0 N–H and O–H groups in total. The fourth-order valence-corrected chi connectivity index (χ4v) is 3.19. The molecule has 2 aromatic rings. The summed E-state index contributed by atoms with van der Waals surface area (Å²) in [4.78, 5) is 1.17. The molecule has 2 rings (SSSR count). The highest BCUT2D eigenvalue weighted by molar-refractivity contribution is 14.1. The number of halogens is 2. The van der Waals surface area contributed by atoms with Crippen LogP contribution in [-0.4, -0.2) is 4.43 Å². The molecule has 5 heteroatoms. The molecule has 1 aromatic carbocycles. The molecule has 0 saturated carbocycles. The fraction of sp³-hybridized carbons (Fsp3) is 0.214. The van der Waals surface area contributed by atoms with Gasteiger partial charge in [-0.1, -0.05) is 40.3 Å². The van der Waals surface area contributed by atoms with Gasteiger partial charge in [0.1, 0.15) is 17.9 Å². The van der Waals surface area contributed by atoms with Gasteiger partial charge in [0.25, 0.3) is 0 Å². The zero-order chi connectivity index (χ0) is 13.7. The van der Waals surface area contributed by atoms with E-state index in [1.165, 1.54) is 4.88 Å². The predicted octanol–water partition coefficient (Wildman–Crippen LogP) is 5.22. The molecule has 0 fully saturated rings. The molecule has 98 valence electrons. The normalized spacial score (nSPS) is 11.8. The number of benzene rings is 1. The maximum atomic E-state index is 9.11. The average Bonchev–Trinajstić information content (AvgIpc) is 2.92. The minimum Gasteiger partial charge on any atom is -0.483 e. The van der Waals surface area contributed by atoms with Crippen molar-refractivity contribution >= 4 is 45.5 Å². The zero-order valence-electron chi connectivity index (χ0n) is 9.98. The number of ether oxygens (including phenoxy) is 1. The van der Waals surface area contributed by atoms with Gasteiger partial charge in [0.05, 0.1) is 5.56 Å². The molecule has 2 nitrogen and oxygen atoms in total. The van der Waals surface area contributed by atoms with Gasteiger partial charge in [-0.15, -0.1) is 11.3 Å². The minimum atomic E-state index is -0.0255. The van der Waals surface area contributed by atoms with Crippen LogP contribution in [0.1, 0.15) is 23.0 Å². The van der Waals surface area contributed by atoms with Crippen LogP contribution in [0.4, 0.5) is 0 Å². The average molecular weight is 404 g/mol. The van der Waals surface area contributed by atoms with E-state index in [0.29, 0.717) is 16.3 Å². The standard InChI is InChI=1S/C14H11ClINOS/c15-11-4-3-10(9-17)13(8-11)18-12(5-6-16)14-2-1-7-19-14/h1-4,7-8,12H,5-6H2/t12-/m1/s1. The smallest absolute Gasteiger partial charge is 0.139 e. The van der Waals surface area contributed by atoms with E-state index in [0.717, 1.165) is 10.8 Å². The molecule has 0 radical (unpaired) electrons. The number of nitriles is 1. The summed E-state index contributed by atoms with van der Waals surface area (Å²) in [5.74, 6) is 0.554. The second kappa shape index (κ2) is 7.13. The molecule has 19 heavy (non-hydrogen) atoms. The molecule has 1 heterocycles. The van der Waals surface area contributed by atoms with Crippen LogP contribution in [-0.2, 0) is 0 Å². The number of hydrogen-bond acceptors (Lipinski definition) is 3. The van der Waals surface area contributed by atoms with E-state index in [-0.39, 0.29) is 6.10 Å². The molecule has 0 saturated heterocycles. The summed E-state index contributed by atoms with van der Waals surface area (Å²) in [6, 6.07) is 11.3.